The molecule has 5 nitrogen and oxygen atoms in total. The summed E-state index contributed by atoms with van der Waals surface area (Å²) in [6.07, 6.45) is -5.07. The largest absolute Gasteiger partial charge is 0.478 e. The Morgan fingerprint density at radius 1 is 1.32 bits per heavy atom. The minimum atomic E-state index is -5.07. The van der Waals surface area contributed by atoms with Crippen molar-refractivity contribution in [2.75, 3.05) is 6.61 Å². The van der Waals surface area contributed by atoms with Crippen molar-refractivity contribution >= 4 is 11.9 Å². The molecule has 1 rings (SSSR count). The average molecular weight is 277 g/mol. The Hall–Kier alpha value is -2.09. The molecule has 1 aromatic rings. The maximum absolute atomic E-state index is 12.1. The zero-order valence-corrected chi connectivity index (χ0v) is 9.44. The Morgan fingerprint density at radius 3 is 2.42 bits per heavy atom. The van der Waals surface area contributed by atoms with Crippen LogP contribution in [-0.2, 0) is 4.79 Å². The summed E-state index contributed by atoms with van der Waals surface area (Å²) in [6, 6.07) is 3.62. The van der Waals surface area contributed by atoms with E-state index in [2.05, 4.69) is 0 Å². The molecule has 0 aromatic heterocycles. The highest BCUT2D eigenvalue weighted by Gasteiger charge is 2.39. The standard InChI is InChI=1S/C11H10F3NO4/c12-11(13,14)10(19)15-8(5-16)6-2-1-3-7(4-6)9(17)18/h1-4,8,16H,5H2,(H,15,19)(H,17,18). The number of aliphatic hydroxyl groups excluding tert-OH is 1. The molecule has 8 heteroatoms. The molecule has 3 N–H and O–H groups in total. The van der Waals surface area contributed by atoms with E-state index in [0.29, 0.717) is 0 Å². The molecular weight excluding hydrogens is 267 g/mol. The number of hydrogen-bond acceptors (Lipinski definition) is 3. The van der Waals surface area contributed by atoms with Crippen LogP contribution >= 0.6 is 0 Å². The van der Waals surface area contributed by atoms with Crippen molar-refractivity contribution in [2.45, 2.75) is 12.2 Å². The quantitative estimate of drug-likeness (QED) is 0.769. The van der Waals surface area contributed by atoms with E-state index < -0.39 is 30.7 Å². The van der Waals surface area contributed by atoms with Gasteiger partial charge in [-0.05, 0) is 17.7 Å². The number of carboxylic acid groups (broad SMARTS) is 1. The predicted octanol–water partition coefficient (Wildman–Crippen LogP) is 1.10. The number of rotatable bonds is 4. The molecule has 1 atom stereocenters. The van der Waals surface area contributed by atoms with Crippen molar-refractivity contribution in [3.63, 3.8) is 0 Å². The summed E-state index contributed by atoms with van der Waals surface area (Å²) < 4.78 is 36.2. The van der Waals surface area contributed by atoms with Crippen LogP contribution in [-0.4, -0.2) is 34.9 Å². The number of amides is 1. The number of aliphatic hydroxyl groups is 1. The molecule has 1 aromatic carbocycles. The normalized spacial score (nSPS) is 12.8. The summed E-state index contributed by atoms with van der Waals surface area (Å²) in [5.74, 6) is -3.46. The molecule has 0 fully saturated rings. The monoisotopic (exact) mass is 277 g/mol. The minimum absolute atomic E-state index is 0.0694. The number of benzene rings is 1. The summed E-state index contributed by atoms with van der Waals surface area (Å²) in [4.78, 5) is 21.5. The third kappa shape index (κ3) is 3.95. The average Bonchev–Trinajstić information content (AvgIpc) is 2.34. The van der Waals surface area contributed by atoms with Crippen LogP contribution in [0.5, 0.6) is 0 Å². The molecule has 0 heterocycles. The van der Waals surface area contributed by atoms with E-state index in [1.807, 2.05) is 0 Å². The molecule has 19 heavy (non-hydrogen) atoms. The Bertz CT molecular complexity index is 487. The van der Waals surface area contributed by atoms with Gasteiger partial charge in [-0.25, -0.2) is 4.79 Å². The first-order chi connectivity index (χ1) is 8.75. The van der Waals surface area contributed by atoms with Gasteiger partial charge in [-0.15, -0.1) is 0 Å². The van der Waals surface area contributed by atoms with E-state index in [1.165, 1.54) is 18.2 Å². The number of halogens is 3. The number of hydrogen-bond donors (Lipinski definition) is 3. The van der Waals surface area contributed by atoms with Gasteiger partial charge >= 0.3 is 18.1 Å². The van der Waals surface area contributed by atoms with Crippen molar-refractivity contribution in [1.29, 1.82) is 0 Å². The Kier molecular flexibility index (Phi) is 4.49. The molecule has 0 bridgehead atoms. The lowest BCUT2D eigenvalue weighted by Crippen LogP contribution is -2.40. The molecular formula is C11H10F3NO4. The van der Waals surface area contributed by atoms with Crippen LogP contribution in [0.25, 0.3) is 0 Å². The highest BCUT2D eigenvalue weighted by molar-refractivity contribution is 5.88. The van der Waals surface area contributed by atoms with Gasteiger partial charge in [-0.2, -0.15) is 13.2 Å². The maximum atomic E-state index is 12.1. The van der Waals surface area contributed by atoms with Gasteiger partial charge in [0.1, 0.15) is 0 Å². The van der Waals surface area contributed by atoms with E-state index >= 15 is 0 Å². The number of carbonyl (C=O) groups excluding carboxylic acids is 1. The van der Waals surface area contributed by atoms with Crippen LogP contribution in [0.15, 0.2) is 24.3 Å². The second kappa shape index (κ2) is 5.70. The molecule has 1 unspecified atom stereocenters. The lowest BCUT2D eigenvalue weighted by Gasteiger charge is -2.18. The van der Waals surface area contributed by atoms with Gasteiger partial charge in [0.2, 0.25) is 0 Å². The minimum Gasteiger partial charge on any atom is -0.478 e. The fourth-order valence-corrected chi connectivity index (χ4v) is 1.36. The molecule has 0 aliphatic rings. The van der Waals surface area contributed by atoms with Crippen molar-refractivity contribution in [2.24, 2.45) is 0 Å². The first-order valence-electron chi connectivity index (χ1n) is 5.07. The first kappa shape index (κ1) is 15.0. The summed E-state index contributed by atoms with van der Waals surface area (Å²) in [5, 5.41) is 19.3. The van der Waals surface area contributed by atoms with Crippen molar-refractivity contribution in [3.05, 3.63) is 35.4 Å². The number of aromatic carboxylic acids is 1. The molecule has 0 radical (unpaired) electrons. The van der Waals surface area contributed by atoms with Gasteiger partial charge in [0, 0.05) is 0 Å². The maximum Gasteiger partial charge on any atom is 0.471 e. The van der Waals surface area contributed by atoms with Gasteiger partial charge in [-0.3, -0.25) is 4.79 Å². The predicted molar refractivity (Wildman–Crippen MR) is 57.4 cm³/mol. The Balaban J connectivity index is 2.95. The van der Waals surface area contributed by atoms with Crippen molar-refractivity contribution in [3.8, 4) is 0 Å². The third-order valence-corrected chi connectivity index (χ3v) is 2.28. The summed E-state index contributed by atoms with van der Waals surface area (Å²) in [5.41, 5.74) is -0.0859. The molecule has 0 saturated carbocycles. The van der Waals surface area contributed by atoms with Gasteiger partial charge in [0.15, 0.2) is 0 Å². The van der Waals surface area contributed by atoms with Gasteiger partial charge in [0.25, 0.3) is 0 Å². The highest BCUT2D eigenvalue weighted by atomic mass is 19.4. The lowest BCUT2D eigenvalue weighted by atomic mass is 10.0. The topological polar surface area (TPSA) is 86.6 Å². The van der Waals surface area contributed by atoms with E-state index in [1.54, 1.807) is 5.32 Å². The molecule has 0 aliphatic heterocycles. The lowest BCUT2D eigenvalue weighted by molar-refractivity contribution is -0.174. The van der Waals surface area contributed by atoms with E-state index in [9.17, 15) is 22.8 Å². The molecule has 1 amide bonds. The van der Waals surface area contributed by atoms with Gasteiger partial charge in [-0.1, -0.05) is 12.1 Å². The number of alkyl halides is 3. The van der Waals surface area contributed by atoms with E-state index in [0.717, 1.165) is 6.07 Å². The zero-order chi connectivity index (χ0) is 14.6. The van der Waals surface area contributed by atoms with E-state index in [4.69, 9.17) is 10.2 Å². The van der Waals surface area contributed by atoms with Gasteiger partial charge in [0.05, 0.1) is 18.2 Å². The van der Waals surface area contributed by atoms with Crippen LogP contribution in [0, 0.1) is 0 Å². The van der Waals surface area contributed by atoms with Crippen molar-refractivity contribution < 1.29 is 33.0 Å². The highest BCUT2D eigenvalue weighted by Crippen LogP contribution is 2.19. The van der Waals surface area contributed by atoms with E-state index in [-0.39, 0.29) is 11.1 Å². The van der Waals surface area contributed by atoms with Crippen LogP contribution in [0.2, 0.25) is 0 Å². The zero-order valence-electron chi connectivity index (χ0n) is 9.44. The van der Waals surface area contributed by atoms with Crippen LogP contribution in [0.1, 0.15) is 22.0 Å². The van der Waals surface area contributed by atoms with Gasteiger partial charge < -0.3 is 15.5 Å². The molecule has 104 valence electrons. The number of carbonyl (C=O) groups is 2. The Labute approximate surface area is 105 Å². The van der Waals surface area contributed by atoms with Crippen LogP contribution in [0.3, 0.4) is 0 Å². The number of carboxylic acids is 1. The number of nitrogens with one attached hydrogen (secondary N) is 1. The second-order valence-electron chi connectivity index (χ2n) is 3.64. The summed E-state index contributed by atoms with van der Waals surface area (Å²) >= 11 is 0. The smallest absolute Gasteiger partial charge is 0.471 e. The second-order valence-corrected chi connectivity index (χ2v) is 3.64. The van der Waals surface area contributed by atoms with Crippen LogP contribution < -0.4 is 5.32 Å². The molecule has 0 aliphatic carbocycles. The molecule has 0 saturated heterocycles. The first-order valence-corrected chi connectivity index (χ1v) is 5.07. The van der Waals surface area contributed by atoms with Crippen LogP contribution in [0.4, 0.5) is 13.2 Å². The molecule has 0 spiro atoms. The summed E-state index contributed by atoms with van der Waals surface area (Å²) in [6.45, 7) is -0.787. The SMILES string of the molecule is O=C(O)c1cccc(C(CO)NC(=O)C(F)(F)F)c1. The third-order valence-electron chi connectivity index (χ3n) is 2.28. The van der Waals surface area contributed by atoms with Crippen molar-refractivity contribution in [1.82, 2.24) is 5.32 Å². The fourth-order valence-electron chi connectivity index (χ4n) is 1.36. The Morgan fingerprint density at radius 2 is 1.95 bits per heavy atom. The fraction of sp³-hybridized carbons (Fsp3) is 0.273. The summed E-state index contributed by atoms with van der Waals surface area (Å²) in [7, 11) is 0.